The Morgan fingerprint density at radius 3 is 2.67 bits per heavy atom. The van der Waals surface area contributed by atoms with Crippen molar-refractivity contribution >= 4 is 29.2 Å². The number of anilines is 1. The van der Waals surface area contributed by atoms with Gasteiger partial charge in [0.15, 0.2) is 0 Å². The Bertz CT molecular complexity index is 609. The van der Waals surface area contributed by atoms with Crippen LogP contribution >= 0.6 is 11.6 Å². The molecule has 0 spiro atoms. The van der Waals surface area contributed by atoms with Gasteiger partial charge in [0.05, 0.1) is 28.3 Å². The van der Waals surface area contributed by atoms with E-state index in [9.17, 15) is 9.59 Å². The monoisotopic (exact) mass is 306 g/mol. The average molecular weight is 307 g/mol. The number of aliphatic carboxylic acids is 1. The third-order valence-electron chi connectivity index (χ3n) is 3.75. The van der Waals surface area contributed by atoms with E-state index in [1.54, 1.807) is 12.1 Å². The van der Waals surface area contributed by atoms with Crippen molar-refractivity contribution in [3.8, 4) is 6.07 Å². The molecular weight excluding hydrogens is 292 g/mol. The van der Waals surface area contributed by atoms with E-state index in [2.05, 4.69) is 5.32 Å². The number of rotatable bonds is 3. The number of halogens is 1. The van der Waals surface area contributed by atoms with Crippen molar-refractivity contribution in [2.75, 3.05) is 5.32 Å². The van der Waals surface area contributed by atoms with Gasteiger partial charge in [-0.15, -0.1) is 0 Å². The second-order valence-corrected chi connectivity index (χ2v) is 5.60. The van der Waals surface area contributed by atoms with E-state index < -0.39 is 11.9 Å². The van der Waals surface area contributed by atoms with Crippen molar-refractivity contribution in [2.45, 2.75) is 25.7 Å². The number of carboxylic acids is 1. The van der Waals surface area contributed by atoms with Gasteiger partial charge in [0.1, 0.15) is 0 Å². The number of benzene rings is 1. The van der Waals surface area contributed by atoms with Crippen LogP contribution in [0.25, 0.3) is 0 Å². The molecule has 1 saturated carbocycles. The Morgan fingerprint density at radius 2 is 2.05 bits per heavy atom. The second-order valence-electron chi connectivity index (χ2n) is 5.19. The van der Waals surface area contributed by atoms with E-state index >= 15 is 0 Å². The molecule has 2 atom stereocenters. The first kappa shape index (κ1) is 15.3. The predicted molar refractivity (Wildman–Crippen MR) is 77.9 cm³/mol. The summed E-state index contributed by atoms with van der Waals surface area (Å²) in [6, 6.07) is 6.60. The van der Waals surface area contributed by atoms with E-state index in [1.807, 2.05) is 6.07 Å². The van der Waals surface area contributed by atoms with Crippen molar-refractivity contribution in [1.29, 1.82) is 5.26 Å². The lowest BCUT2D eigenvalue weighted by atomic mass is 9.81. The summed E-state index contributed by atoms with van der Waals surface area (Å²) in [5, 5.41) is 20.8. The lowest BCUT2D eigenvalue weighted by molar-refractivity contribution is -0.143. The van der Waals surface area contributed by atoms with Crippen LogP contribution in [-0.4, -0.2) is 17.0 Å². The Morgan fingerprint density at radius 1 is 1.33 bits per heavy atom. The van der Waals surface area contributed by atoms with Gasteiger partial charge in [0.2, 0.25) is 5.91 Å². The van der Waals surface area contributed by atoms with Crippen LogP contribution in [0.1, 0.15) is 31.2 Å². The quantitative estimate of drug-likeness (QED) is 0.898. The molecule has 2 unspecified atom stereocenters. The first-order valence-electron chi connectivity index (χ1n) is 6.74. The zero-order valence-corrected chi connectivity index (χ0v) is 12.1. The number of nitrogens with one attached hydrogen (secondary N) is 1. The molecule has 5 nitrogen and oxygen atoms in total. The van der Waals surface area contributed by atoms with E-state index in [0.29, 0.717) is 35.5 Å². The number of nitriles is 1. The number of carboxylic acid groups (broad SMARTS) is 1. The molecule has 0 aliphatic heterocycles. The highest BCUT2D eigenvalue weighted by molar-refractivity contribution is 6.33. The lowest BCUT2D eigenvalue weighted by Crippen LogP contribution is -2.31. The van der Waals surface area contributed by atoms with Gasteiger partial charge in [-0.3, -0.25) is 9.59 Å². The van der Waals surface area contributed by atoms with E-state index in [0.717, 1.165) is 6.42 Å². The SMILES string of the molecule is N#Cc1ccc(NC(=O)C2CCCC(C(=O)O)C2)c(Cl)c1. The minimum atomic E-state index is -0.844. The maximum atomic E-state index is 12.2. The number of nitrogens with zero attached hydrogens (tertiary/aromatic N) is 1. The molecule has 1 amide bonds. The second kappa shape index (κ2) is 6.59. The molecule has 0 heterocycles. The Labute approximate surface area is 127 Å². The normalized spacial score (nSPS) is 21.3. The maximum absolute atomic E-state index is 12.2. The summed E-state index contributed by atoms with van der Waals surface area (Å²) in [7, 11) is 0. The molecule has 0 bridgehead atoms. The standard InChI is InChI=1S/C15H15ClN2O3/c16-12-6-9(8-17)4-5-13(12)18-14(19)10-2-1-3-11(7-10)15(20)21/h4-6,10-11H,1-3,7H2,(H,18,19)(H,20,21). The van der Waals surface area contributed by atoms with Crippen LogP contribution in [0.2, 0.25) is 5.02 Å². The molecule has 1 aromatic carbocycles. The van der Waals surface area contributed by atoms with Gasteiger partial charge in [0.25, 0.3) is 0 Å². The highest BCUT2D eigenvalue weighted by Gasteiger charge is 2.31. The van der Waals surface area contributed by atoms with Crippen molar-refractivity contribution in [3.05, 3.63) is 28.8 Å². The van der Waals surface area contributed by atoms with E-state index in [1.165, 1.54) is 6.07 Å². The Kier molecular flexibility index (Phi) is 4.81. The number of carbonyl (C=O) groups excluding carboxylic acids is 1. The molecule has 21 heavy (non-hydrogen) atoms. The van der Waals surface area contributed by atoms with Gasteiger partial charge in [-0.25, -0.2) is 0 Å². The van der Waals surface area contributed by atoms with Crippen LogP contribution in [0, 0.1) is 23.2 Å². The highest BCUT2D eigenvalue weighted by Crippen LogP contribution is 2.31. The van der Waals surface area contributed by atoms with E-state index in [4.69, 9.17) is 22.0 Å². The van der Waals surface area contributed by atoms with Crippen LogP contribution in [0.4, 0.5) is 5.69 Å². The third-order valence-corrected chi connectivity index (χ3v) is 4.06. The van der Waals surface area contributed by atoms with Crippen molar-refractivity contribution in [1.82, 2.24) is 0 Å². The van der Waals surface area contributed by atoms with Crippen molar-refractivity contribution in [3.63, 3.8) is 0 Å². The maximum Gasteiger partial charge on any atom is 0.306 e. The fraction of sp³-hybridized carbons (Fsp3) is 0.400. The van der Waals surface area contributed by atoms with Crippen LogP contribution in [0.3, 0.4) is 0 Å². The molecule has 1 fully saturated rings. The Balaban J connectivity index is 2.04. The lowest BCUT2D eigenvalue weighted by Gasteiger charge is -2.25. The largest absolute Gasteiger partial charge is 0.481 e. The van der Waals surface area contributed by atoms with Crippen LogP contribution in [0.15, 0.2) is 18.2 Å². The average Bonchev–Trinajstić information content (AvgIpc) is 2.49. The van der Waals surface area contributed by atoms with Crippen LogP contribution in [-0.2, 0) is 9.59 Å². The first-order valence-corrected chi connectivity index (χ1v) is 7.12. The molecular formula is C15H15ClN2O3. The molecule has 0 aromatic heterocycles. The molecule has 1 aromatic rings. The summed E-state index contributed by atoms with van der Waals surface area (Å²) in [6.45, 7) is 0. The zero-order chi connectivity index (χ0) is 15.4. The summed E-state index contributed by atoms with van der Waals surface area (Å²) in [4.78, 5) is 23.2. The number of carbonyl (C=O) groups is 2. The minimum absolute atomic E-state index is 0.215. The Hall–Kier alpha value is -2.06. The molecule has 1 aliphatic rings. The summed E-state index contributed by atoms with van der Waals surface area (Å²) in [5.41, 5.74) is 0.861. The topological polar surface area (TPSA) is 90.2 Å². The summed E-state index contributed by atoms with van der Waals surface area (Å²) in [6.07, 6.45) is 2.39. The molecule has 110 valence electrons. The number of amides is 1. The molecule has 2 rings (SSSR count). The number of hydrogen-bond acceptors (Lipinski definition) is 3. The van der Waals surface area contributed by atoms with Crippen LogP contribution in [0.5, 0.6) is 0 Å². The highest BCUT2D eigenvalue weighted by atomic mass is 35.5. The molecule has 2 N–H and O–H groups in total. The molecule has 0 radical (unpaired) electrons. The molecule has 6 heteroatoms. The van der Waals surface area contributed by atoms with Gasteiger partial charge in [-0.1, -0.05) is 18.0 Å². The molecule has 1 aliphatic carbocycles. The minimum Gasteiger partial charge on any atom is -0.481 e. The van der Waals surface area contributed by atoms with Gasteiger partial charge >= 0.3 is 5.97 Å². The van der Waals surface area contributed by atoms with Crippen molar-refractivity contribution in [2.24, 2.45) is 11.8 Å². The summed E-state index contributed by atoms with van der Waals surface area (Å²) < 4.78 is 0. The van der Waals surface area contributed by atoms with E-state index in [-0.39, 0.29) is 11.8 Å². The van der Waals surface area contributed by atoms with Gasteiger partial charge in [0, 0.05) is 5.92 Å². The van der Waals surface area contributed by atoms with Crippen LogP contribution < -0.4 is 5.32 Å². The van der Waals surface area contributed by atoms with Gasteiger partial charge in [-0.2, -0.15) is 5.26 Å². The fourth-order valence-corrected chi connectivity index (χ4v) is 2.80. The third kappa shape index (κ3) is 3.73. The van der Waals surface area contributed by atoms with Gasteiger partial charge in [-0.05, 0) is 37.5 Å². The summed E-state index contributed by atoms with van der Waals surface area (Å²) in [5.74, 6) is -1.83. The zero-order valence-electron chi connectivity index (χ0n) is 11.3. The smallest absolute Gasteiger partial charge is 0.306 e. The number of hydrogen-bond donors (Lipinski definition) is 2. The fourth-order valence-electron chi connectivity index (χ4n) is 2.57. The predicted octanol–water partition coefficient (Wildman–Crippen LogP) is 3.04. The summed E-state index contributed by atoms with van der Waals surface area (Å²) >= 11 is 6.01. The first-order chi connectivity index (χ1) is 10.0. The van der Waals surface area contributed by atoms with Crippen molar-refractivity contribution < 1.29 is 14.7 Å². The molecule has 0 saturated heterocycles. The van der Waals surface area contributed by atoms with Gasteiger partial charge < -0.3 is 10.4 Å².